The Hall–Kier alpha value is -2.55. The summed E-state index contributed by atoms with van der Waals surface area (Å²) in [6.07, 6.45) is 48.0. The lowest BCUT2D eigenvalue weighted by Crippen LogP contribution is -2.37. The third-order valence-corrected chi connectivity index (χ3v) is 9.97. The fourth-order valence-electron chi connectivity index (χ4n) is 5.56. The van der Waals surface area contributed by atoms with Gasteiger partial charge in [0.2, 0.25) is 0 Å². The first-order chi connectivity index (χ1) is 27.5. The van der Waals surface area contributed by atoms with Gasteiger partial charge in [-0.05, 0) is 51.4 Å². The Bertz CT molecular complexity index is 1200. The summed E-state index contributed by atoms with van der Waals surface area (Å²) >= 11 is 0. The third-order valence-electron chi connectivity index (χ3n) is 9.00. The number of allylic oxidation sites excluding steroid dienone is 12. The van der Waals surface area contributed by atoms with E-state index in [-0.39, 0.29) is 26.1 Å². The van der Waals surface area contributed by atoms with E-state index >= 15 is 0 Å². The van der Waals surface area contributed by atoms with Crippen LogP contribution < -0.4 is 4.89 Å². The van der Waals surface area contributed by atoms with Gasteiger partial charge >= 0.3 is 11.9 Å². The molecule has 0 aromatic heterocycles. The molecule has 0 aliphatic carbocycles. The van der Waals surface area contributed by atoms with E-state index < -0.39 is 32.5 Å². The van der Waals surface area contributed by atoms with E-state index in [0.29, 0.717) is 17.4 Å². The van der Waals surface area contributed by atoms with Crippen LogP contribution in [0.4, 0.5) is 0 Å². The predicted molar refractivity (Wildman–Crippen MR) is 236 cm³/mol. The minimum atomic E-state index is -4.65. The molecule has 2 atom stereocenters. The van der Waals surface area contributed by atoms with Crippen molar-refractivity contribution in [1.82, 2.24) is 0 Å². The standard InChI is InChI=1S/C47H82NO8P/c1-6-8-10-12-14-16-18-20-22-23-24-25-26-28-30-32-34-36-38-40-47(50)56-45(44-55-57(51,52)54-42-41-48(3,4)5)43-53-46(49)39-37-35-33-31-29-27-21-19-17-15-13-11-9-7-2/h8,10,14,16,20,22,24-25,28,30,34,36,45H,6-7,9,11-13,15,17-19,21,23,26-27,29,31-33,35,37-44H2,1-5H3/b10-8+,16-14+,22-20+,25-24+,30-28+,36-34+/t45-/m1/s1. The summed E-state index contributed by atoms with van der Waals surface area (Å²) < 4.78 is 33.8. The summed E-state index contributed by atoms with van der Waals surface area (Å²) in [5.74, 6) is -0.935. The van der Waals surface area contributed by atoms with Gasteiger partial charge < -0.3 is 27.9 Å². The summed E-state index contributed by atoms with van der Waals surface area (Å²) in [7, 11) is 1.11. The molecule has 0 radical (unpaired) electrons. The first kappa shape index (κ1) is 54.5. The molecule has 0 saturated carbocycles. The van der Waals surface area contributed by atoms with Crippen LogP contribution in [-0.2, 0) is 32.7 Å². The summed E-state index contributed by atoms with van der Waals surface area (Å²) in [5, 5.41) is 0. The maximum absolute atomic E-state index is 12.6. The number of rotatable bonds is 39. The molecule has 0 aromatic rings. The number of ether oxygens (including phenoxy) is 2. The molecule has 0 saturated heterocycles. The van der Waals surface area contributed by atoms with Crippen LogP contribution in [0.25, 0.3) is 0 Å². The number of hydrogen-bond acceptors (Lipinski definition) is 8. The second-order valence-electron chi connectivity index (χ2n) is 15.7. The number of nitrogens with zero attached hydrogens (tertiary/aromatic N) is 1. The van der Waals surface area contributed by atoms with E-state index in [2.05, 4.69) is 74.6 Å². The van der Waals surface area contributed by atoms with Crippen LogP contribution in [0.1, 0.15) is 162 Å². The lowest BCUT2D eigenvalue weighted by molar-refractivity contribution is -0.870. The Labute approximate surface area is 348 Å². The topological polar surface area (TPSA) is 111 Å². The third kappa shape index (κ3) is 42.9. The largest absolute Gasteiger partial charge is 0.756 e. The molecule has 0 bridgehead atoms. The monoisotopic (exact) mass is 820 g/mol. The average Bonchev–Trinajstić information content (AvgIpc) is 3.16. The molecule has 57 heavy (non-hydrogen) atoms. The van der Waals surface area contributed by atoms with Gasteiger partial charge in [0, 0.05) is 12.8 Å². The number of hydrogen-bond donors (Lipinski definition) is 0. The first-order valence-corrected chi connectivity index (χ1v) is 23.6. The van der Waals surface area contributed by atoms with Crippen LogP contribution in [0.5, 0.6) is 0 Å². The van der Waals surface area contributed by atoms with Gasteiger partial charge in [-0.1, -0.05) is 170 Å². The molecule has 9 nitrogen and oxygen atoms in total. The van der Waals surface area contributed by atoms with Gasteiger partial charge in [-0.25, -0.2) is 0 Å². The number of unbranched alkanes of at least 4 members (excludes halogenated alkanes) is 13. The molecular weight excluding hydrogens is 737 g/mol. The summed E-state index contributed by atoms with van der Waals surface area (Å²) in [4.78, 5) is 37.5. The summed E-state index contributed by atoms with van der Waals surface area (Å²) in [6, 6.07) is 0. The van der Waals surface area contributed by atoms with Crippen LogP contribution in [0.2, 0.25) is 0 Å². The second-order valence-corrected chi connectivity index (χ2v) is 17.1. The van der Waals surface area contributed by atoms with Gasteiger partial charge in [0.1, 0.15) is 19.8 Å². The molecule has 0 aliphatic heterocycles. The zero-order chi connectivity index (χ0) is 42.1. The van der Waals surface area contributed by atoms with Crippen molar-refractivity contribution in [3.05, 3.63) is 72.9 Å². The quantitative estimate of drug-likeness (QED) is 0.0198. The van der Waals surface area contributed by atoms with Gasteiger partial charge in [-0.3, -0.25) is 14.2 Å². The first-order valence-electron chi connectivity index (χ1n) is 22.1. The zero-order valence-electron chi connectivity index (χ0n) is 36.8. The average molecular weight is 820 g/mol. The van der Waals surface area contributed by atoms with Crippen molar-refractivity contribution >= 4 is 19.8 Å². The molecule has 328 valence electrons. The lowest BCUT2D eigenvalue weighted by atomic mass is 10.0. The second kappa shape index (κ2) is 38.9. The Balaban J connectivity index is 4.50. The Kier molecular flexibility index (Phi) is 37.2. The van der Waals surface area contributed by atoms with Crippen molar-refractivity contribution in [2.24, 2.45) is 0 Å². The molecule has 0 N–H and O–H groups in total. The van der Waals surface area contributed by atoms with Gasteiger partial charge in [0.15, 0.2) is 6.10 Å². The maximum Gasteiger partial charge on any atom is 0.306 e. The number of carbonyl (C=O) groups excluding carboxylic acids is 2. The highest BCUT2D eigenvalue weighted by Crippen LogP contribution is 2.38. The molecule has 0 rings (SSSR count). The molecule has 0 heterocycles. The number of phosphoric acid groups is 1. The minimum Gasteiger partial charge on any atom is -0.756 e. The summed E-state index contributed by atoms with van der Waals surface area (Å²) in [5.41, 5.74) is 0. The van der Waals surface area contributed by atoms with Crippen molar-refractivity contribution < 1.29 is 42.1 Å². The molecule has 1 unspecified atom stereocenters. The SMILES string of the molecule is CC/C=C/C/C=C/C/C=C/C/C=C/C/C=C/C/C=C/CCC(=O)O[C@H](COC(=O)CCCCCCCCCCCCCCCC)COP(=O)([O-])OCC[N+](C)(C)C. The number of likely N-dealkylation sites (N-methyl/N-ethyl adjacent to an activating group) is 1. The van der Waals surface area contributed by atoms with E-state index in [9.17, 15) is 19.0 Å². The van der Waals surface area contributed by atoms with Crippen LogP contribution >= 0.6 is 7.82 Å². The summed E-state index contributed by atoms with van der Waals surface area (Å²) in [6.45, 7) is 4.01. The highest BCUT2D eigenvalue weighted by atomic mass is 31.2. The van der Waals surface area contributed by atoms with E-state index in [4.69, 9.17) is 18.5 Å². The number of quaternary nitrogens is 1. The van der Waals surface area contributed by atoms with Crippen molar-refractivity contribution in [3.8, 4) is 0 Å². The molecule has 0 amide bonds. The Morgan fingerprint density at radius 1 is 0.561 bits per heavy atom. The minimum absolute atomic E-state index is 0.0468. The van der Waals surface area contributed by atoms with E-state index in [0.717, 1.165) is 57.8 Å². The molecule has 0 spiro atoms. The highest BCUT2D eigenvalue weighted by Gasteiger charge is 2.21. The molecule has 10 heteroatoms. The predicted octanol–water partition coefficient (Wildman–Crippen LogP) is 12.0. The lowest BCUT2D eigenvalue weighted by Gasteiger charge is -2.28. The van der Waals surface area contributed by atoms with E-state index in [1.165, 1.54) is 70.6 Å². The molecular formula is C47H82NO8P. The number of phosphoric ester groups is 1. The van der Waals surface area contributed by atoms with Crippen LogP contribution in [0, 0.1) is 0 Å². The van der Waals surface area contributed by atoms with Crippen molar-refractivity contribution in [2.75, 3.05) is 47.5 Å². The zero-order valence-corrected chi connectivity index (χ0v) is 37.7. The maximum atomic E-state index is 12.6. The fraction of sp³-hybridized carbons (Fsp3) is 0.702. The molecule has 0 aromatic carbocycles. The van der Waals surface area contributed by atoms with Crippen LogP contribution in [0.15, 0.2) is 72.9 Å². The van der Waals surface area contributed by atoms with E-state index in [1.807, 2.05) is 33.3 Å². The van der Waals surface area contributed by atoms with E-state index in [1.54, 1.807) is 0 Å². The fourth-order valence-corrected chi connectivity index (χ4v) is 6.29. The van der Waals surface area contributed by atoms with Gasteiger partial charge in [0.25, 0.3) is 7.82 Å². The van der Waals surface area contributed by atoms with Crippen LogP contribution in [0.3, 0.4) is 0 Å². The number of carbonyl (C=O) groups is 2. The van der Waals surface area contributed by atoms with Crippen molar-refractivity contribution in [2.45, 2.75) is 168 Å². The smallest absolute Gasteiger partial charge is 0.306 e. The molecule has 0 fully saturated rings. The molecule has 0 aliphatic rings. The van der Waals surface area contributed by atoms with Gasteiger partial charge in [-0.15, -0.1) is 0 Å². The van der Waals surface area contributed by atoms with Crippen LogP contribution in [-0.4, -0.2) is 70.0 Å². The highest BCUT2D eigenvalue weighted by molar-refractivity contribution is 7.45. The van der Waals surface area contributed by atoms with Gasteiger partial charge in [-0.2, -0.15) is 0 Å². The Morgan fingerprint density at radius 3 is 1.46 bits per heavy atom. The van der Waals surface area contributed by atoms with Crippen molar-refractivity contribution in [1.29, 1.82) is 0 Å². The Morgan fingerprint density at radius 2 is 1.00 bits per heavy atom. The van der Waals surface area contributed by atoms with Crippen molar-refractivity contribution in [3.63, 3.8) is 0 Å². The van der Waals surface area contributed by atoms with Gasteiger partial charge in [0.05, 0.1) is 27.7 Å². The normalized spacial score (nSPS) is 14.3. The number of esters is 2.